The van der Waals surface area contributed by atoms with E-state index in [1.807, 2.05) is 0 Å². The van der Waals surface area contributed by atoms with E-state index in [1.165, 1.54) is 12.1 Å². The lowest BCUT2D eigenvalue weighted by molar-refractivity contribution is 0.585. The third-order valence-electron chi connectivity index (χ3n) is 2.64. The van der Waals surface area contributed by atoms with Crippen LogP contribution in [0.4, 0.5) is 18.9 Å². The Bertz CT molecular complexity index is 684. The number of hydrogen-bond donors (Lipinski definition) is 1. The SMILES string of the molecule is Fc1ccc(CC(=S)Nc2c(F)cc(F)cc2Br)c(Br)c1. The number of hydrogen-bond acceptors (Lipinski definition) is 1. The minimum absolute atomic E-state index is 0.0691. The monoisotopic (exact) mass is 437 g/mol. The van der Waals surface area contributed by atoms with Crippen LogP contribution >= 0.6 is 44.1 Å². The summed E-state index contributed by atoms with van der Waals surface area (Å²) in [6, 6.07) is 6.14. The fraction of sp³-hybridized carbons (Fsp3) is 0.0714. The molecule has 2 aromatic rings. The third kappa shape index (κ3) is 4.28. The van der Waals surface area contributed by atoms with Crippen LogP contribution in [0.5, 0.6) is 0 Å². The molecule has 0 unspecified atom stereocenters. The highest BCUT2D eigenvalue weighted by molar-refractivity contribution is 9.10. The van der Waals surface area contributed by atoms with Crippen LogP contribution in [0, 0.1) is 17.5 Å². The van der Waals surface area contributed by atoms with E-state index in [1.54, 1.807) is 6.07 Å². The first-order valence-corrected chi connectivity index (χ1v) is 7.74. The molecule has 0 aromatic heterocycles. The van der Waals surface area contributed by atoms with E-state index in [0.29, 0.717) is 15.9 Å². The van der Waals surface area contributed by atoms with Crippen LogP contribution in [0.3, 0.4) is 0 Å². The highest BCUT2D eigenvalue weighted by Gasteiger charge is 2.12. The Morgan fingerprint density at radius 1 is 1.00 bits per heavy atom. The molecule has 0 heterocycles. The van der Waals surface area contributed by atoms with Crippen molar-refractivity contribution in [3.8, 4) is 0 Å². The second kappa shape index (κ2) is 6.89. The van der Waals surface area contributed by atoms with Crippen molar-refractivity contribution in [3.05, 3.63) is 62.3 Å². The number of halogens is 5. The highest BCUT2D eigenvalue weighted by Crippen LogP contribution is 2.27. The summed E-state index contributed by atoms with van der Waals surface area (Å²) in [5, 5.41) is 2.72. The molecule has 0 aliphatic heterocycles. The van der Waals surface area contributed by atoms with Gasteiger partial charge in [-0.15, -0.1) is 0 Å². The van der Waals surface area contributed by atoms with E-state index >= 15 is 0 Å². The van der Waals surface area contributed by atoms with E-state index in [9.17, 15) is 13.2 Å². The number of rotatable bonds is 3. The summed E-state index contributed by atoms with van der Waals surface area (Å²) in [6.07, 6.45) is 0.291. The van der Waals surface area contributed by atoms with Gasteiger partial charge in [-0.25, -0.2) is 13.2 Å². The first-order chi connectivity index (χ1) is 9.86. The molecular weight excluding hydrogens is 431 g/mol. The van der Waals surface area contributed by atoms with Gasteiger partial charge in [0.05, 0.1) is 10.7 Å². The van der Waals surface area contributed by atoms with Crippen LogP contribution in [0.1, 0.15) is 5.56 Å². The van der Waals surface area contributed by atoms with Crippen molar-refractivity contribution in [2.24, 2.45) is 0 Å². The molecule has 7 heteroatoms. The van der Waals surface area contributed by atoms with E-state index in [0.717, 1.165) is 17.7 Å². The summed E-state index contributed by atoms with van der Waals surface area (Å²) in [7, 11) is 0. The van der Waals surface area contributed by atoms with Gasteiger partial charge >= 0.3 is 0 Å². The van der Waals surface area contributed by atoms with E-state index in [-0.39, 0.29) is 16.0 Å². The van der Waals surface area contributed by atoms with Crippen LogP contribution in [-0.4, -0.2) is 4.99 Å². The number of anilines is 1. The molecular formula is C14H8Br2F3NS. The van der Waals surface area contributed by atoms with Gasteiger partial charge in [0.25, 0.3) is 0 Å². The van der Waals surface area contributed by atoms with Crippen LogP contribution < -0.4 is 5.32 Å². The minimum Gasteiger partial charge on any atom is -0.346 e. The van der Waals surface area contributed by atoms with Gasteiger partial charge < -0.3 is 5.32 Å². The summed E-state index contributed by atoms with van der Waals surface area (Å²) < 4.78 is 40.5. The van der Waals surface area contributed by atoms with Crippen molar-refractivity contribution in [1.29, 1.82) is 0 Å². The molecule has 0 aliphatic rings. The first-order valence-electron chi connectivity index (χ1n) is 5.75. The van der Waals surface area contributed by atoms with Gasteiger partial charge in [-0.1, -0.05) is 34.2 Å². The first kappa shape index (κ1) is 16.5. The number of nitrogens with one attached hydrogen (secondary N) is 1. The Kier molecular flexibility index (Phi) is 5.40. The van der Waals surface area contributed by atoms with Crippen LogP contribution in [0.15, 0.2) is 39.3 Å². The Balaban J connectivity index is 2.16. The maximum Gasteiger partial charge on any atom is 0.150 e. The van der Waals surface area contributed by atoms with Crippen molar-refractivity contribution < 1.29 is 13.2 Å². The average Bonchev–Trinajstić information content (AvgIpc) is 2.37. The van der Waals surface area contributed by atoms with Crippen molar-refractivity contribution in [2.45, 2.75) is 6.42 Å². The maximum atomic E-state index is 13.7. The third-order valence-corrected chi connectivity index (χ3v) is 4.25. The van der Waals surface area contributed by atoms with Gasteiger partial charge in [0, 0.05) is 21.4 Å². The molecule has 0 spiro atoms. The van der Waals surface area contributed by atoms with Crippen molar-refractivity contribution in [3.63, 3.8) is 0 Å². The zero-order valence-corrected chi connectivity index (χ0v) is 14.4. The quantitative estimate of drug-likeness (QED) is 0.625. The van der Waals surface area contributed by atoms with Crippen molar-refractivity contribution >= 4 is 54.8 Å². The van der Waals surface area contributed by atoms with E-state index in [2.05, 4.69) is 37.2 Å². The topological polar surface area (TPSA) is 12.0 Å². The number of benzene rings is 2. The minimum atomic E-state index is -0.748. The normalized spacial score (nSPS) is 10.5. The summed E-state index contributed by atoms with van der Waals surface area (Å²) in [4.78, 5) is 0.327. The molecule has 0 fully saturated rings. The van der Waals surface area contributed by atoms with Crippen LogP contribution in [-0.2, 0) is 6.42 Å². The molecule has 2 rings (SSSR count). The molecule has 0 aliphatic carbocycles. The van der Waals surface area contributed by atoms with Gasteiger partial charge in [-0.3, -0.25) is 0 Å². The number of thiocarbonyl (C=S) groups is 1. The second-order valence-electron chi connectivity index (χ2n) is 4.21. The molecule has 0 bridgehead atoms. The van der Waals surface area contributed by atoms with Gasteiger partial charge in [0.1, 0.15) is 11.6 Å². The molecule has 0 radical (unpaired) electrons. The lowest BCUT2D eigenvalue weighted by Gasteiger charge is -2.12. The molecule has 0 saturated carbocycles. The summed E-state index contributed by atoms with van der Waals surface area (Å²) in [5.74, 6) is -1.80. The average molecular weight is 439 g/mol. The molecule has 2 aromatic carbocycles. The van der Waals surface area contributed by atoms with Crippen molar-refractivity contribution in [1.82, 2.24) is 0 Å². The lowest BCUT2D eigenvalue weighted by atomic mass is 10.1. The predicted octanol–water partition coefficient (Wildman–Crippen LogP) is 5.61. The van der Waals surface area contributed by atoms with Gasteiger partial charge in [-0.05, 0) is 39.7 Å². The smallest absolute Gasteiger partial charge is 0.150 e. The Morgan fingerprint density at radius 3 is 2.29 bits per heavy atom. The Labute approximate surface area is 141 Å². The van der Waals surface area contributed by atoms with Gasteiger partial charge in [-0.2, -0.15) is 0 Å². The van der Waals surface area contributed by atoms with E-state index < -0.39 is 11.6 Å². The van der Waals surface area contributed by atoms with Gasteiger partial charge in [0.15, 0.2) is 5.82 Å². The molecule has 0 saturated heterocycles. The largest absolute Gasteiger partial charge is 0.346 e. The predicted molar refractivity (Wildman–Crippen MR) is 88.1 cm³/mol. The highest BCUT2D eigenvalue weighted by atomic mass is 79.9. The van der Waals surface area contributed by atoms with Crippen LogP contribution in [0.25, 0.3) is 0 Å². The second-order valence-corrected chi connectivity index (χ2v) is 6.41. The summed E-state index contributed by atoms with van der Waals surface area (Å²) in [6.45, 7) is 0. The molecule has 1 nitrogen and oxygen atoms in total. The Hall–Kier alpha value is -0.920. The fourth-order valence-electron chi connectivity index (χ4n) is 1.68. The molecule has 0 atom stereocenters. The van der Waals surface area contributed by atoms with E-state index in [4.69, 9.17) is 12.2 Å². The zero-order valence-electron chi connectivity index (χ0n) is 10.4. The molecule has 110 valence electrons. The summed E-state index contributed by atoms with van der Waals surface area (Å²) >= 11 is 11.5. The van der Waals surface area contributed by atoms with Crippen LogP contribution in [0.2, 0.25) is 0 Å². The maximum absolute atomic E-state index is 13.7. The molecule has 0 amide bonds. The lowest BCUT2D eigenvalue weighted by Crippen LogP contribution is -2.14. The zero-order chi connectivity index (χ0) is 15.6. The summed E-state index contributed by atoms with van der Waals surface area (Å²) in [5.41, 5.74) is 0.826. The Morgan fingerprint density at radius 2 is 1.67 bits per heavy atom. The molecule has 21 heavy (non-hydrogen) atoms. The van der Waals surface area contributed by atoms with Crippen molar-refractivity contribution in [2.75, 3.05) is 5.32 Å². The molecule has 1 N–H and O–H groups in total. The fourth-order valence-corrected chi connectivity index (χ4v) is 2.94. The standard InChI is InChI=1S/C14H8Br2F3NS/c15-10-4-8(17)2-1-7(10)3-13(21)20-14-11(16)5-9(18)6-12(14)19/h1-2,4-6H,3H2,(H,20,21). The van der Waals surface area contributed by atoms with Gasteiger partial charge in [0.2, 0.25) is 0 Å².